The largest absolute Gasteiger partial charge is 0.384 e. The zero-order valence-corrected chi connectivity index (χ0v) is 12.2. The molecule has 18 heavy (non-hydrogen) atoms. The number of hydrogen-bond acceptors (Lipinski definition) is 4. The summed E-state index contributed by atoms with van der Waals surface area (Å²) in [5.74, 6) is 0. The highest BCUT2D eigenvalue weighted by Crippen LogP contribution is 2.17. The normalized spacial score (nSPS) is 17.9. The van der Waals surface area contributed by atoms with Gasteiger partial charge in [-0.1, -0.05) is 0 Å². The van der Waals surface area contributed by atoms with Crippen LogP contribution in [-0.2, 0) is 0 Å². The van der Waals surface area contributed by atoms with Crippen molar-refractivity contribution in [2.75, 3.05) is 57.9 Å². The van der Waals surface area contributed by atoms with Crippen molar-refractivity contribution in [3.63, 3.8) is 0 Å². The highest BCUT2D eigenvalue weighted by Gasteiger charge is 2.12. The number of nitrogens with zero attached hydrogens (tertiary/aromatic N) is 2. The Kier molecular flexibility index (Phi) is 5.35. The topological polar surface area (TPSA) is 18.5 Å². The smallest absolute Gasteiger partial charge is 0.0341 e. The Bertz CT molecular complexity index is 345. The maximum atomic E-state index is 3.49. The summed E-state index contributed by atoms with van der Waals surface area (Å²) in [4.78, 5) is 6.24. The third kappa shape index (κ3) is 4.19. The van der Waals surface area contributed by atoms with Gasteiger partial charge in [0, 0.05) is 49.9 Å². The average Bonchev–Trinajstić information content (AvgIpc) is 2.42. The van der Waals surface area contributed by atoms with Gasteiger partial charge in [0.2, 0.25) is 0 Å². The van der Waals surface area contributed by atoms with E-state index in [4.69, 9.17) is 0 Å². The van der Waals surface area contributed by atoms with Gasteiger partial charge in [0.05, 0.1) is 0 Å². The first-order valence-electron chi connectivity index (χ1n) is 6.57. The molecule has 4 heteroatoms. The molecular weight excluding hydrogens is 242 g/mol. The Morgan fingerprint density at radius 2 is 1.78 bits per heavy atom. The van der Waals surface area contributed by atoms with Crippen LogP contribution in [0.5, 0.6) is 0 Å². The van der Waals surface area contributed by atoms with Gasteiger partial charge in [0.25, 0.3) is 0 Å². The lowest BCUT2D eigenvalue weighted by molar-refractivity contribution is 0.158. The number of likely N-dealkylation sites (N-methyl/N-ethyl adjacent to an activating group) is 1. The summed E-state index contributed by atoms with van der Waals surface area (Å²) in [5.41, 5.74) is 1.22. The quantitative estimate of drug-likeness (QED) is 0.821. The summed E-state index contributed by atoms with van der Waals surface area (Å²) in [5, 5.41) is 3.49. The molecule has 1 aromatic carbocycles. The third-order valence-electron chi connectivity index (χ3n) is 3.44. The lowest BCUT2D eigenvalue weighted by atomic mass is 10.3. The van der Waals surface area contributed by atoms with Crippen LogP contribution in [0.1, 0.15) is 0 Å². The van der Waals surface area contributed by atoms with E-state index in [0.29, 0.717) is 0 Å². The first kappa shape index (κ1) is 13.7. The van der Waals surface area contributed by atoms with Crippen LogP contribution >= 0.6 is 11.8 Å². The van der Waals surface area contributed by atoms with E-state index in [2.05, 4.69) is 52.7 Å². The van der Waals surface area contributed by atoms with Gasteiger partial charge in [0.1, 0.15) is 0 Å². The number of piperazine rings is 1. The van der Waals surface area contributed by atoms with E-state index in [1.165, 1.54) is 36.8 Å². The molecule has 0 aliphatic carbocycles. The van der Waals surface area contributed by atoms with Crippen molar-refractivity contribution in [3.8, 4) is 0 Å². The SMILES string of the molecule is CSc1ccc(NCCN2CCN(C)CC2)cc1. The molecule has 100 valence electrons. The average molecular weight is 265 g/mol. The molecule has 0 amide bonds. The summed E-state index contributed by atoms with van der Waals surface area (Å²) in [6.45, 7) is 6.96. The molecule has 3 nitrogen and oxygen atoms in total. The Balaban J connectivity index is 1.68. The molecule has 0 saturated carbocycles. The minimum Gasteiger partial charge on any atom is -0.384 e. The van der Waals surface area contributed by atoms with Crippen molar-refractivity contribution in [2.45, 2.75) is 4.90 Å². The maximum absolute atomic E-state index is 3.49. The highest BCUT2D eigenvalue weighted by molar-refractivity contribution is 7.98. The van der Waals surface area contributed by atoms with Gasteiger partial charge in [0.15, 0.2) is 0 Å². The van der Waals surface area contributed by atoms with Gasteiger partial charge in [-0.15, -0.1) is 11.8 Å². The second kappa shape index (κ2) is 7.02. The van der Waals surface area contributed by atoms with Crippen molar-refractivity contribution < 1.29 is 0 Å². The summed E-state index contributed by atoms with van der Waals surface area (Å²) >= 11 is 1.78. The van der Waals surface area contributed by atoms with Crippen LogP contribution in [0.2, 0.25) is 0 Å². The maximum Gasteiger partial charge on any atom is 0.0341 e. The van der Waals surface area contributed by atoms with Crippen LogP contribution in [0.3, 0.4) is 0 Å². The molecule has 1 fully saturated rings. The third-order valence-corrected chi connectivity index (χ3v) is 4.19. The number of nitrogens with one attached hydrogen (secondary N) is 1. The highest BCUT2D eigenvalue weighted by atomic mass is 32.2. The number of benzene rings is 1. The molecule has 0 radical (unpaired) electrons. The van der Waals surface area contributed by atoms with Crippen molar-refractivity contribution in [1.29, 1.82) is 0 Å². The molecule has 0 atom stereocenters. The Morgan fingerprint density at radius 1 is 1.11 bits per heavy atom. The zero-order chi connectivity index (χ0) is 12.8. The van der Waals surface area contributed by atoms with E-state index in [9.17, 15) is 0 Å². The standard InChI is InChI=1S/C14H23N3S/c1-16-9-11-17(12-10-16)8-7-15-13-3-5-14(18-2)6-4-13/h3-6,15H,7-12H2,1-2H3. The Morgan fingerprint density at radius 3 is 2.39 bits per heavy atom. The fourth-order valence-electron chi connectivity index (χ4n) is 2.14. The van der Waals surface area contributed by atoms with Crippen LogP contribution in [0.25, 0.3) is 0 Å². The van der Waals surface area contributed by atoms with Gasteiger partial charge in [-0.05, 0) is 37.6 Å². The molecule has 1 saturated heterocycles. The zero-order valence-electron chi connectivity index (χ0n) is 11.4. The van der Waals surface area contributed by atoms with Gasteiger partial charge in [-0.3, -0.25) is 4.90 Å². The summed E-state index contributed by atoms with van der Waals surface area (Å²) in [7, 11) is 2.20. The lowest BCUT2D eigenvalue weighted by Crippen LogP contribution is -2.45. The first-order chi connectivity index (χ1) is 8.78. The van der Waals surface area contributed by atoms with Crippen LogP contribution in [0.4, 0.5) is 5.69 Å². The molecule has 0 bridgehead atoms. The van der Waals surface area contributed by atoms with E-state index in [1.807, 2.05) is 0 Å². The van der Waals surface area contributed by atoms with E-state index in [1.54, 1.807) is 11.8 Å². The number of hydrogen-bond donors (Lipinski definition) is 1. The van der Waals surface area contributed by atoms with E-state index in [0.717, 1.165) is 13.1 Å². The molecular formula is C14H23N3S. The Labute approximate surface area is 115 Å². The van der Waals surface area contributed by atoms with Gasteiger partial charge < -0.3 is 10.2 Å². The van der Waals surface area contributed by atoms with Crippen molar-refractivity contribution in [1.82, 2.24) is 9.80 Å². The van der Waals surface area contributed by atoms with Gasteiger partial charge >= 0.3 is 0 Å². The van der Waals surface area contributed by atoms with Crippen molar-refractivity contribution in [3.05, 3.63) is 24.3 Å². The summed E-state index contributed by atoms with van der Waals surface area (Å²) in [6, 6.07) is 8.66. The lowest BCUT2D eigenvalue weighted by Gasteiger charge is -2.32. The van der Waals surface area contributed by atoms with Gasteiger partial charge in [-0.2, -0.15) is 0 Å². The molecule has 0 unspecified atom stereocenters. The molecule has 1 aliphatic heterocycles. The van der Waals surface area contributed by atoms with E-state index < -0.39 is 0 Å². The van der Waals surface area contributed by atoms with Crippen molar-refractivity contribution >= 4 is 17.4 Å². The fraction of sp³-hybridized carbons (Fsp3) is 0.571. The summed E-state index contributed by atoms with van der Waals surface area (Å²) in [6.07, 6.45) is 2.11. The Hall–Kier alpha value is -0.710. The molecule has 1 N–H and O–H groups in total. The number of anilines is 1. The second-order valence-corrected chi connectivity index (χ2v) is 5.68. The monoisotopic (exact) mass is 265 g/mol. The number of thioether (sulfide) groups is 1. The van der Waals surface area contributed by atoms with E-state index >= 15 is 0 Å². The molecule has 0 spiro atoms. The second-order valence-electron chi connectivity index (χ2n) is 4.80. The summed E-state index contributed by atoms with van der Waals surface area (Å²) < 4.78 is 0. The van der Waals surface area contributed by atoms with Crippen molar-refractivity contribution in [2.24, 2.45) is 0 Å². The predicted molar refractivity (Wildman–Crippen MR) is 80.6 cm³/mol. The first-order valence-corrected chi connectivity index (χ1v) is 7.79. The number of rotatable bonds is 5. The fourth-order valence-corrected chi connectivity index (χ4v) is 2.55. The van der Waals surface area contributed by atoms with Crippen LogP contribution in [0, 0.1) is 0 Å². The molecule has 1 heterocycles. The molecule has 1 aromatic rings. The van der Waals surface area contributed by atoms with E-state index in [-0.39, 0.29) is 0 Å². The molecule has 0 aromatic heterocycles. The predicted octanol–water partition coefficient (Wildman–Crippen LogP) is 2.07. The molecule has 2 rings (SSSR count). The van der Waals surface area contributed by atoms with Crippen LogP contribution in [-0.4, -0.2) is 62.4 Å². The van der Waals surface area contributed by atoms with Crippen LogP contribution < -0.4 is 5.32 Å². The van der Waals surface area contributed by atoms with Gasteiger partial charge in [-0.25, -0.2) is 0 Å². The molecule has 1 aliphatic rings. The van der Waals surface area contributed by atoms with Crippen LogP contribution in [0.15, 0.2) is 29.2 Å². The minimum atomic E-state index is 1.03. The minimum absolute atomic E-state index is 1.03.